The molecule has 0 amide bonds. The zero-order chi connectivity index (χ0) is 30.2. The van der Waals surface area contributed by atoms with E-state index in [-0.39, 0.29) is 0 Å². The van der Waals surface area contributed by atoms with Crippen molar-refractivity contribution in [3.05, 3.63) is 152 Å². The summed E-state index contributed by atoms with van der Waals surface area (Å²) in [5.74, 6) is 0. The van der Waals surface area contributed by atoms with E-state index >= 15 is 0 Å². The fourth-order valence-corrected chi connectivity index (χ4v) is 7.40. The van der Waals surface area contributed by atoms with Gasteiger partial charge in [0.25, 0.3) is 0 Å². The second-order valence-electron chi connectivity index (χ2n) is 12.1. The quantitative estimate of drug-likeness (QED) is 0.194. The summed E-state index contributed by atoms with van der Waals surface area (Å²) in [6, 6.07) is 48.2. The molecule has 0 spiro atoms. The van der Waals surface area contributed by atoms with E-state index in [1.165, 1.54) is 64.6 Å². The molecule has 0 N–H and O–H groups in total. The lowest BCUT2D eigenvalue weighted by atomic mass is 9.87. The van der Waals surface area contributed by atoms with Crippen LogP contribution in [0, 0.1) is 0 Å². The van der Waals surface area contributed by atoms with Crippen LogP contribution in [0.2, 0.25) is 0 Å². The molecule has 0 saturated heterocycles. The van der Waals surface area contributed by atoms with Crippen molar-refractivity contribution < 1.29 is 0 Å². The first-order chi connectivity index (χ1) is 22.8. The Morgan fingerprint density at radius 1 is 0.326 bits per heavy atom. The fraction of sp³-hybridized carbons (Fsp3) is 0. The van der Waals surface area contributed by atoms with E-state index in [1.54, 1.807) is 12.4 Å². The average molecular weight is 584 g/mol. The minimum Gasteiger partial charge on any atom is -0.260 e. The highest BCUT2D eigenvalue weighted by Gasteiger charge is 2.16. The maximum Gasteiger partial charge on any atom is 0.0908 e. The Morgan fingerprint density at radius 3 is 1.50 bits per heavy atom. The van der Waals surface area contributed by atoms with Gasteiger partial charge in [0.15, 0.2) is 0 Å². The van der Waals surface area contributed by atoms with Gasteiger partial charge in [-0.1, -0.05) is 109 Å². The smallest absolute Gasteiger partial charge is 0.0908 e. The Balaban J connectivity index is 1.24. The Labute approximate surface area is 264 Å². The van der Waals surface area contributed by atoms with E-state index in [4.69, 9.17) is 9.97 Å². The third kappa shape index (κ3) is 3.69. The molecule has 0 bridgehead atoms. The van der Waals surface area contributed by atoms with Crippen LogP contribution in [-0.4, -0.2) is 15.0 Å². The molecule has 212 valence electrons. The minimum atomic E-state index is 0.805. The minimum absolute atomic E-state index is 0.805. The molecule has 10 rings (SSSR count). The lowest BCUT2D eigenvalue weighted by molar-refractivity contribution is 1.20. The zero-order valence-corrected chi connectivity index (χ0v) is 24.8. The van der Waals surface area contributed by atoms with Crippen LogP contribution in [0.1, 0.15) is 0 Å². The van der Waals surface area contributed by atoms with E-state index in [0.29, 0.717) is 0 Å². The van der Waals surface area contributed by atoms with Crippen molar-refractivity contribution in [2.75, 3.05) is 0 Å². The number of pyridine rings is 1. The van der Waals surface area contributed by atoms with Gasteiger partial charge in [-0.25, -0.2) is 4.98 Å². The van der Waals surface area contributed by atoms with Crippen LogP contribution in [0.4, 0.5) is 0 Å². The van der Waals surface area contributed by atoms with Gasteiger partial charge in [-0.05, 0) is 88.9 Å². The molecular weight excluding hydrogens is 558 g/mol. The summed E-state index contributed by atoms with van der Waals surface area (Å²) >= 11 is 0. The molecule has 0 unspecified atom stereocenters. The van der Waals surface area contributed by atoms with E-state index in [2.05, 4.69) is 120 Å². The summed E-state index contributed by atoms with van der Waals surface area (Å²) in [6.45, 7) is 0. The molecule has 2 heterocycles. The molecule has 3 nitrogen and oxygen atoms in total. The third-order valence-electron chi connectivity index (χ3n) is 9.48. The largest absolute Gasteiger partial charge is 0.260 e. The summed E-state index contributed by atoms with van der Waals surface area (Å²) in [4.78, 5) is 14.4. The Kier molecular flexibility index (Phi) is 5.28. The second-order valence-corrected chi connectivity index (χ2v) is 12.1. The SMILES string of the molecule is c1ccc(-c2cncc(-c3ccc(-c4cc5ccc6cccc7c8cccc9ccc%10cccc(c(c4)c5c67)c%10c98)nc3)n2)cc1. The molecule has 0 radical (unpaired) electrons. The third-order valence-corrected chi connectivity index (χ3v) is 9.48. The molecule has 10 aromatic rings. The maximum absolute atomic E-state index is 4.99. The molecular formula is C43H25N3. The van der Waals surface area contributed by atoms with Gasteiger partial charge in [0, 0.05) is 22.9 Å². The molecule has 8 aromatic carbocycles. The van der Waals surface area contributed by atoms with Crippen molar-refractivity contribution in [3.8, 4) is 33.8 Å². The van der Waals surface area contributed by atoms with Crippen molar-refractivity contribution in [3.63, 3.8) is 0 Å². The van der Waals surface area contributed by atoms with Crippen LogP contribution in [0.25, 0.3) is 98.4 Å². The van der Waals surface area contributed by atoms with Gasteiger partial charge in [0.1, 0.15) is 0 Å². The number of hydrogen-bond acceptors (Lipinski definition) is 3. The summed E-state index contributed by atoms with van der Waals surface area (Å²) in [7, 11) is 0. The maximum atomic E-state index is 4.99. The highest BCUT2D eigenvalue weighted by Crippen LogP contribution is 2.44. The summed E-state index contributed by atoms with van der Waals surface area (Å²) < 4.78 is 0. The Morgan fingerprint density at radius 2 is 0.891 bits per heavy atom. The number of benzene rings is 7. The van der Waals surface area contributed by atoms with Gasteiger partial charge in [-0.3, -0.25) is 9.97 Å². The van der Waals surface area contributed by atoms with E-state index in [0.717, 1.165) is 33.8 Å². The molecule has 0 aliphatic rings. The average Bonchev–Trinajstić information content (AvgIpc) is 3.13. The van der Waals surface area contributed by atoms with Crippen molar-refractivity contribution in [2.24, 2.45) is 0 Å². The molecule has 0 aliphatic heterocycles. The lowest BCUT2D eigenvalue weighted by Crippen LogP contribution is -1.92. The standard InChI is InChI=1S/C43H25N3/c1-2-7-26(8-3-1)38-24-44-25-39(46-38)31-19-20-37(45-23-31)32-21-30-18-17-29-10-5-13-34-33-12-4-9-27-15-16-28-11-6-14-35(42(28)40(27)33)36(22-32)43(30)41(29)34/h1-25H. The van der Waals surface area contributed by atoms with Crippen LogP contribution in [-0.2, 0) is 0 Å². The molecule has 3 heteroatoms. The fourth-order valence-electron chi connectivity index (χ4n) is 7.40. The predicted molar refractivity (Wildman–Crippen MR) is 192 cm³/mol. The number of hydrogen-bond donors (Lipinski definition) is 0. The van der Waals surface area contributed by atoms with Crippen LogP contribution in [0.5, 0.6) is 0 Å². The number of nitrogens with zero attached hydrogens (tertiary/aromatic N) is 3. The molecule has 0 saturated carbocycles. The normalized spacial score (nSPS) is 11.9. The van der Waals surface area contributed by atoms with E-state index in [1.807, 2.05) is 24.4 Å². The van der Waals surface area contributed by atoms with E-state index in [9.17, 15) is 0 Å². The summed E-state index contributed by atoms with van der Waals surface area (Å²) in [6.07, 6.45) is 5.52. The highest BCUT2D eigenvalue weighted by molar-refractivity contribution is 6.37. The van der Waals surface area contributed by atoms with Crippen LogP contribution in [0.15, 0.2) is 152 Å². The Bertz CT molecular complexity index is 2780. The van der Waals surface area contributed by atoms with Crippen LogP contribution >= 0.6 is 0 Å². The zero-order valence-electron chi connectivity index (χ0n) is 24.8. The molecule has 0 aliphatic carbocycles. The molecule has 0 fully saturated rings. The predicted octanol–water partition coefficient (Wildman–Crippen LogP) is 11.2. The lowest BCUT2D eigenvalue weighted by Gasteiger charge is -2.17. The summed E-state index contributed by atoms with van der Waals surface area (Å²) in [5, 5.41) is 15.3. The van der Waals surface area contributed by atoms with Gasteiger partial charge in [0.2, 0.25) is 0 Å². The second kappa shape index (κ2) is 9.65. The number of fused-ring (bicyclic) bond motifs is 2. The van der Waals surface area contributed by atoms with Crippen molar-refractivity contribution in [1.82, 2.24) is 15.0 Å². The first-order valence-electron chi connectivity index (χ1n) is 15.6. The van der Waals surface area contributed by atoms with Gasteiger partial charge in [0.05, 0.1) is 29.5 Å². The van der Waals surface area contributed by atoms with Gasteiger partial charge in [-0.2, -0.15) is 0 Å². The van der Waals surface area contributed by atoms with Gasteiger partial charge < -0.3 is 0 Å². The molecule has 2 aromatic heterocycles. The van der Waals surface area contributed by atoms with Crippen molar-refractivity contribution in [1.29, 1.82) is 0 Å². The molecule has 0 atom stereocenters. The first kappa shape index (κ1) is 25.2. The number of rotatable bonds is 3. The molecule has 46 heavy (non-hydrogen) atoms. The van der Waals surface area contributed by atoms with Crippen LogP contribution in [0.3, 0.4) is 0 Å². The Hall–Kier alpha value is -6.19. The van der Waals surface area contributed by atoms with E-state index < -0.39 is 0 Å². The van der Waals surface area contributed by atoms with Gasteiger partial charge in [-0.15, -0.1) is 0 Å². The highest BCUT2D eigenvalue weighted by atomic mass is 14.8. The number of aromatic nitrogens is 3. The van der Waals surface area contributed by atoms with Crippen LogP contribution < -0.4 is 0 Å². The topological polar surface area (TPSA) is 38.7 Å². The summed E-state index contributed by atoms with van der Waals surface area (Å²) in [5.41, 5.74) is 5.65. The van der Waals surface area contributed by atoms with Crippen molar-refractivity contribution in [2.45, 2.75) is 0 Å². The van der Waals surface area contributed by atoms with Crippen molar-refractivity contribution >= 4 is 64.6 Å². The monoisotopic (exact) mass is 583 g/mol. The first-order valence-corrected chi connectivity index (χ1v) is 15.6. The van der Waals surface area contributed by atoms with Gasteiger partial charge >= 0.3 is 0 Å².